The van der Waals surface area contributed by atoms with Gasteiger partial charge in [-0.25, -0.2) is 17.8 Å². The minimum Gasteiger partial charge on any atom is -0.241 e. The summed E-state index contributed by atoms with van der Waals surface area (Å²) >= 11 is 0. The molecule has 0 bridgehead atoms. The van der Waals surface area contributed by atoms with Gasteiger partial charge >= 0.3 is 0 Å². The maximum absolute atomic E-state index is 12.9. The highest BCUT2D eigenvalue weighted by molar-refractivity contribution is 7.89. The first-order valence-corrected chi connectivity index (χ1v) is 9.77. The van der Waals surface area contributed by atoms with Gasteiger partial charge in [0.25, 0.3) is 0 Å². The minimum absolute atomic E-state index is 0.178. The summed E-state index contributed by atoms with van der Waals surface area (Å²) < 4.78 is 30.2. The first kappa shape index (κ1) is 16.9. The number of benzene rings is 1. The molecule has 1 unspecified atom stereocenters. The van der Waals surface area contributed by atoms with E-state index in [1.165, 1.54) is 12.0 Å². The van der Waals surface area contributed by atoms with E-state index in [1.807, 2.05) is 32.0 Å². The van der Waals surface area contributed by atoms with Gasteiger partial charge in [-0.3, -0.25) is 0 Å². The van der Waals surface area contributed by atoms with E-state index >= 15 is 0 Å². The van der Waals surface area contributed by atoms with Gasteiger partial charge in [0.2, 0.25) is 10.0 Å². The highest BCUT2D eigenvalue weighted by Gasteiger charge is 2.22. The van der Waals surface area contributed by atoms with Gasteiger partial charge < -0.3 is 0 Å². The lowest BCUT2D eigenvalue weighted by Crippen LogP contribution is -2.34. The number of hydrogen-bond acceptors (Lipinski definition) is 3. The molecule has 0 spiro atoms. The Balaban J connectivity index is 1.89. The van der Waals surface area contributed by atoms with Crippen LogP contribution in [0.4, 0.5) is 0 Å². The third-order valence-corrected chi connectivity index (χ3v) is 6.13. The van der Waals surface area contributed by atoms with Crippen molar-refractivity contribution in [2.45, 2.75) is 50.5 Å². The monoisotopic (exact) mass is 345 g/mol. The summed E-state index contributed by atoms with van der Waals surface area (Å²) in [5, 5.41) is 4.17. The van der Waals surface area contributed by atoms with E-state index in [-0.39, 0.29) is 6.04 Å². The van der Waals surface area contributed by atoms with E-state index in [0.717, 1.165) is 30.5 Å². The van der Waals surface area contributed by atoms with Crippen LogP contribution in [-0.2, 0) is 10.0 Å². The molecule has 0 fully saturated rings. The Hall–Kier alpha value is -1.92. The fourth-order valence-corrected chi connectivity index (χ4v) is 4.58. The van der Waals surface area contributed by atoms with Gasteiger partial charge in [0.15, 0.2) is 0 Å². The molecule has 128 valence electrons. The Morgan fingerprint density at radius 3 is 2.79 bits per heavy atom. The number of nitrogens with zero attached hydrogens (tertiary/aromatic N) is 2. The Kier molecular flexibility index (Phi) is 4.87. The zero-order valence-electron chi connectivity index (χ0n) is 14.1. The molecule has 1 heterocycles. The summed E-state index contributed by atoms with van der Waals surface area (Å²) in [5.41, 5.74) is 2.64. The van der Waals surface area contributed by atoms with Crippen molar-refractivity contribution in [1.82, 2.24) is 14.5 Å². The predicted molar refractivity (Wildman–Crippen MR) is 94.6 cm³/mol. The highest BCUT2D eigenvalue weighted by atomic mass is 32.2. The quantitative estimate of drug-likeness (QED) is 0.845. The first-order chi connectivity index (χ1) is 11.5. The second kappa shape index (κ2) is 6.91. The first-order valence-electron chi connectivity index (χ1n) is 8.29. The third-order valence-electron chi connectivity index (χ3n) is 4.44. The molecule has 24 heavy (non-hydrogen) atoms. The number of sulfonamides is 1. The van der Waals surface area contributed by atoms with Crippen molar-refractivity contribution in [3.63, 3.8) is 0 Å². The molecule has 1 atom stereocenters. The van der Waals surface area contributed by atoms with Crippen molar-refractivity contribution < 1.29 is 8.42 Å². The minimum atomic E-state index is -3.59. The van der Waals surface area contributed by atoms with Crippen LogP contribution in [0.15, 0.2) is 53.2 Å². The van der Waals surface area contributed by atoms with Crippen LogP contribution in [0.2, 0.25) is 0 Å². The lowest BCUT2D eigenvalue weighted by Gasteiger charge is -2.21. The van der Waals surface area contributed by atoms with Crippen molar-refractivity contribution >= 4 is 10.0 Å². The van der Waals surface area contributed by atoms with E-state index in [2.05, 4.69) is 15.9 Å². The van der Waals surface area contributed by atoms with Crippen molar-refractivity contribution in [3.05, 3.63) is 53.9 Å². The van der Waals surface area contributed by atoms with Crippen LogP contribution in [0, 0.1) is 6.92 Å². The molecule has 0 amide bonds. The van der Waals surface area contributed by atoms with E-state index in [0.29, 0.717) is 4.90 Å². The Labute approximate surface area is 143 Å². The number of aromatic nitrogens is 2. The molecule has 3 rings (SSSR count). The fourth-order valence-electron chi connectivity index (χ4n) is 3.07. The molecule has 0 saturated carbocycles. The van der Waals surface area contributed by atoms with Gasteiger partial charge in [-0.1, -0.05) is 17.7 Å². The van der Waals surface area contributed by atoms with Crippen LogP contribution in [0.3, 0.4) is 0 Å². The average molecular weight is 345 g/mol. The molecule has 1 aliphatic carbocycles. The summed E-state index contributed by atoms with van der Waals surface area (Å²) in [4.78, 5) is 0.304. The van der Waals surface area contributed by atoms with Gasteiger partial charge in [-0.15, -0.1) is 0 Å². The van der Waals surface area contributed by atoms with E-state index in [1.54, 1.807) is 23.1 Å². The molecule has 1 aromatic carbocycles. The Morgan fingerprint density at radius 2 is 2.12 bits per heavy atom. The normalized spacial score (nSPS) is 16.7. The summed E-state index contributed by atoms with van der Waals surface area (Å²) in [6.45, 7) is 3.73. The molecule has 1 aliphatic rings. The molecule has 5 nitrogen and oxygen atoms in total. The van der Waals surface area contributed by atoms with Crippen LogP contribution in [0.25, 0.3) is 5.69 Å². The lowest BCUT2D eigenvalue weighted by atomic mass is 9.95. The van der Waals surface area contributed by atoms with Gasteiger partial charge in [0, 0.05) is 18.4 Å². The summed E-state index contributed by atoms with van der Waals surface area (Å²) in [6, 6.07) is 6.99. The van der Waals surface area contributed by atoms with Gasteiger partial charge in [0.1, 0.15) is 0 Å². The highest BCUT2D eigenvalue weighted by Crippen LogP contribution is 2.23. The van der Waals surface area contributed by atoms with Crippen LogP contribution in [0.5, 0.6) is 0 Å². The number of rotatable bonds is 5. The third kappa shape index (κ3) is 3.60. The summed E-state index contributed by atoms with van der Waals surface area (Å²) in [7, 11) is -3.59. The largest absolute Gasteiger partial charge is 0.241 e. The van der Waals surface area contributed by atoms with E-state index in [4.69, 9.17) is 0 Å². The number of allylic oxidation sites excluding steroid dienone is 1. The molecule has 6 heteroatoms. The van der Waals surface area contributed by atoms with Crippen molar-refractivity contribution in [3.8, 4) is 5.69 Å². The van der Waals surface area contributed by atoms with Crippen molar-refractivity contribution in [2.75, 3.05) is 0 Å². The van der Waals surface area contributed by atoms with Crippen molar-refractivity contribution in [1.29, 1.82) is 0 Å². The average Bonchev–Trinajstić information content (AvgIpc) is 3.10. The molecule has 1 N–H and O–H groups in total. The second-order valence-corrected chi connectivity index (χ2v) is 7.95. The van der Waals surface area contributed by atoms with Crippen LogP contribution < -0.4 is 4.72 Å². The molecular weight excluding hydrogens is 322 g/mol. The summed E-state index contributed by atoms with van der Waals surface area (Å²) in [5.74, 6) is 0. The molecular formula is C18H23N3O2S. The van der Waals surface area contributed by atoms with Crippen LogP contribution >= 0.6 is 0 Å². The van der Waals surface area contributed by atoms with Crippen molar-refractivity contribution in [2.24, 2.45) is 0 Å². The maximum atomic E-state index is 12.9. The molecule has 0 saturated heterocycles. The number of nitrogens with one attached hydrogen (secondary N) is 1. The number of aryl methyl sites for hydroxylation is 1. The van der Waals surface area contributed by atoms with E-state index < -0.39 is 10.0 Å². The fraction of sp³-hybridized carbons (Fsp3) is 0.389. The molecule has 1 aromatic heterocycles. The Bertz CT molecular complexity index is 839. The van der Waals surface area contributed by atoms with Crippen LogP contribution in [0.1, 0.15) is 38.2 Å². The molecule has 0 aliphatic heterocycles. The zero-order valence-corrected chi connectivity index (χ0v) is 14.9. The smallest absolute Gasteiger partial charge is 0.241 e. The topological polar surface area (TPSA) is 64.0 Å². The van der Waals surface area contributed by atoms with Gasteiger partial charge in [-0.05, 0) is 63.3 Å². The van der Waals surface area contributed by atoms with Gasteiger partial charge in [0.05, 0.1) is 10.6 Å². The van der Waals surface area contributed by atoms with E-state index in [9.17, 15) is 8.42 Å². The van der Waals surface area contributed by atoms with Crippen LogP contribution in [-0.4, -0.2) is 24.2 Å². The molecule has 2 aromatic rings. The zero-order chi connectivity index (χ0) is 17.2. The SMILES string of the molecule is Cc1ccc(-n2cccn2)cc1S(=O)(=O)NC(C)C1=CCCCC1. The maximum Gasteiger partial charge on any atom is 0.241 e. The second-order valence-electron chi connectivity index (χ2n) is 6.27. The summed E-state index contributed by atoms with van der Waals surface area (Å²) in [6.07, 6.45) is 9.96. The standard InChI is InChI=1S/C18H23N3O2S/c1-14-9-10-17(21-12-6-11-19-21)13-18(14)24(22,23)20-15(2)16-7-4-3-5-8-16/h6-7,9-13,15,20H,3-5,8H2,1-2H3. The van der Waals surface area contributed by atoms with Gasteiger partial charge in [-0.2, -0.15) is 5.10 Å². The Morgan fingerprint density at radius 1 is 1.29 bits per heavy atom. The lowest BCUT2D eigenvalue weighted by molar-refractivity contribution is 0.562. The predicted octanol–water partition coefficient (Wildman–Crippen LogP) is 3.35. The number of hydrogen-bond donors (Lipinski definition) is 1. The molecule has 0 radical (unpaired) electrons.